The third-order valence-electron chi connectivity index (χ3n) is 2.24. The monoisotopic (exact) mass is 192 g/mol. The Hall–Kier alpha value is -1.19. The molecule has 3 heteroatoms. The zero-order valence-electron chi connectivity index (χ0n) is 8.42. The van der Waals surface area contributed by atoms with E-state index >= 15 is 0 Å². The van der Waals surface area contributed by atoms with Gasteiger partial charge in [0.25, 0.3) is 0 Å². The Kier molecular flexibility index (Phi) is 3.80. The lowest BCUT2D eigenvalue weighted by molar-refractivity contribution is -0.113. The molecule has 0 fully saturated rings. The number of rotatable bonds is 3. The van der Waals surface area contributed by atoms with Gasteiger partial charge in [0.2, 0.25) is 0 Å². The van der Waals surface area contributed by atoms with Crippen LogP contribution in [0.15, 0.2) is 34.9 Å². The van der Waals surface area contributed by atoms with Crippen LogP contribution < -0.4 is 11.5 Å². The summed E-state index contributed by atoms with van der Waals surface area (Å²) in [4.78, 5) is 11.2. The molecule has 0 aliphatic heterocycles. The van der Waals surface area contributed by atoms with E-state index in [-0.39, 0.29) is 5.78 Å². The summed E-state index contributed by atoms with van der Waals surface area (Å²) < 4.78 is 0. The second-order valence-electron chi connectivity index (χ2n) is 3.34. The first-order valence-electron chi connectivity index (χ1n) is 4.68. The number of Topliss-reactive ketones (excluding diaryl/α,β-unsaturated/α-hetero) is 1. The van der Waals surface area contributed by atoms with E-state index in [1.165, 1.54) is 0 Å². The first-order chi connectivity index (χ1) is 6.67. The number of carbonyl (C=O) groups is 1. The van der Waals surface area contributed by atoms with Gasteiger partial charge >= 0.3 is 0 Å². The van der Waals surface area contributed by atoms with Crippen molar-refractivity contribution in [3.8, 4) is 0 Å². The van der Waals surface area contributed by atoms with E-state index < -0.39 is 0 Å². The molecular weight excluding hydrogens is 176 g/mol. The molecule has 14 heavy (non-hydrogen) atoms. The number of hydrogen-bond acceptors (Lipinski definition) is 3. The van der Waals surface area contributed by atoms with E-state index in [0.29, 0.717) is 19.5 Å². The van der Waals surface area contributed by atoms with E-state index in [4.69, 9.17) is 11.5 Å². The summed E-state index contributed by atoms with van der Waals surface area (Å²) in [5.74, 6) is 0.0962. The molecule has 0 aromatic rings. The smallest absolute Gasteiger partial charge is 0.156 e. The van der Waals surface area contributed by atoms with Crippen LogP contribution in [0.25, 0.3) is 0 Å². The predicted octanol–water partition coefficient (Wildman–Crippen LogP) is 0.676. The Balaban J connectivity index is 2.98. The summed E-state index contributed by atoms with van der Waals surface area (Å²) in [6.07, 6.45) is 6.45. The van der Waals surface area contributed by atoms with Crippen LogP contribution in [0.1, 0.15) is 13.3 Å². The lowest BCUT2D eigenvalue weighted by Crippen LogP contribution is -2.05. The van der Waals surface area contributed by atoms with Crippen LogP contribution in [0.4, 0.5) is 0 Å². The predicted molar refractivity (Wildman–Crippen MR) is 57.7 cm³/mol. The molecule has 1 aliphatic rings. The van der Waals surface area contributed by atoms with Crippen molar-refractivity contribution < 1.29 is 4.79 Å². The zero-order valence-corrected chi connectivity index (χ0v) is 8.42. The van der Waals surface area contributed by atoms with E-state index in [1.807, 2.05) is 18.2 Å². The third-order valence-corrected chi connectivity index (χ3v) is 2.24. The second-order valence-corrected chi connectivity index (χ2v) is 3.34. The van der Waals surface area contributed by atoms with Gasteiger partial charge in [-0.3, -0.25) is 4.79 Å². The molecular formula is C11H16N2O. The molecule has 0 amide bonds. The highest BCUT2D eigenvalue weighted by Crippen LogP contribution is 2.16. The molecule has 1 rings (SSSR count). The van der Waals surface area contributed by atoms with Crippen molar-refractivity contribution in [2.45, 2.75) is 13.3 Å². The van der Waals surface area contributed by atoms with Gasteiger partial charge in [-0.2, -0.15) is 0 Å². The Morgan fingerprint density at radius 2 is 1.93 bits per heavy atom. The van der Waals surface area contributed by atoms with Crippen LogP contribution >= 0.6 is 0 Å². The lowest BCUT2D eigenvalue weighted by atomic mass is 10.1. The van der Waals surface area contributed by atoms with Crippen LogP contribution in [0.3, 0.4) is 0 Å². The molecule has 0 atom stereocenters. The van der Waals surface area contributed by atoms with Crippen molar-refractivity contribution in [3.63, 3.8) is 0 Å². The van der Waals surface area contributed by atoms with E-state index in [1.54, 1.807) is 6.92 Å². The van der Waals surface area contributed by atoms with Crippen LogP contribution in [0.2, 0.25) is 0 Å². The SMILES string of the molecule is CC(=O)C1=CC(CN)=CC(CN)=CC1. The Bertz CT molecular complexity index is 324. The Morgan fingerprint density at radius 1 is 1.29 bits per heavy atom. The Labute approximate surface area is 84.2 Å². The van der Waals surface area contributed by atoms with Gasteiger partial charge in [0, 0.05) is 13.1 Å². The molecule has 0 aromatic carbocycles. The second kappa shape index (κ2) is 4.88. The number of ketones is 1. The van der Waals surface area contributed by atoms with Gasteiger partial charge in [0.05, 0.1) is 0 Å². The molecule has 3 nitrogen and oxygen atoms in total. The highest BCUT2D eigenvalue weighted by Gasteiger charge is 2.07. The summed E-state index contributed by atoms with van der Waals surface area (Å²) in [5.41, 5.74) is 13.9. The zero-order chi connectivity index (χ0) is 10.6. The molecule has 0 bridgehead atoms. The molecule has 0 saturated heterocycles. The minimum absolute atomic E-state index is 0.0962. The van der Waals surface area contributed by atoms with Crippen molar-refractivity contribution in [2.24, 2.45) is 11.5 Å². The fourth-order valence-electron chi connectivity index (χ4n) is 1.37. The van der Waals surface area contributed by atoms with Gasteiger partial charge in [-0.1, -0.05) is 18.2 Å². The summed E-state index contributed by atoms with van der Waals surface area (Å²) in [6.45, 7) is 2.50. The van der Waals surface area contributed by atoms with Crippen molar-refractivity contribution in [1.29, 1.82) is 0 Å². The molecule has 0 aromatic heterocycles. The molecule has 76 valence electrons. The summed E-state index contributed by atoms with van der Waals surface area (Å²) in [5, 5.41) is 0. The van der Waals surface area contributed by atoms with Gasteiger partial charge in [0.15, 0.2) is 5.78 Å². The van der Waals surface area contributed by atoms with Crippen LogP contribution in [-0.2, 0) is 4.79 Å². The fraction of sp³-hybridized carbons (Fsp3) is 0.364. The maximum Gasteiger partial charge on any atom is 0.156 e. The molecule has 1 aliphatic carbocycles. The van der Waals surface area contributed by atoms with E-state index in [2.05, 4.69) is 0 Å². The van der Waals surface area contributed by atoms with Crippen LogP contribution in [-0.4, -0.2) is 18.9 Å². The normalized spacial score (nSPS) is 16.6. The first kappa shape index (κ1) is 10.9. The quantitative estimate of drug-likeness (QED) is 0.690. The number of hydrogen-bond donors (Lipinski definition) is 2. The van der Waals surface area contributed by atoms with Gasteiger partial charge in [0.1, 0.15) is 0 Å². The highest BCUT2D eigenvalue weighted by atomic mass is 16.1. The molecule has 0 spiro atoms. The number of nitrogens with two attached hydrogens (primary N) is 2. The van der Waals surface area contributed by atoms with E-state index in [9.17, 15) is 4.79 Å². The van der Waals surface area contributed by atoms with E-state index in [0.717, 1.165) is 16.7 Å². The van der Waals surface area contributed by atoms with Gasteiger partial charge in [-0.05, 0) is 30.1 Å². The minimum atomic E-state index is 0.0962. The van der Waals surface area contributed by atoms with Crippen molar-refractivity contribution in [2.75, 3.05) is 13.1 Å². The molecule has 4 N–H and O–H groups in total. The molecule has 0 heterocycles. The molecule has 0 saturated carbocycles. The average Bonchev–Trinajstić information content (AvgIpc) is 2.39. The minimum Gasteiger partial charge on any atom is -0.327 e. The van der Waals surface area contributed by atoms with Crippen molar-refractivity contribution >= 4 is 5.78 Å². The molecule has 0 unspecified atom stereocenters. The molecule has 0 radical (unpaired) electrons. The van der Waals surface area contributed by atoms with Gasteiger partial charge in [-0.25, -0.2) is 0 Å². The standard InChI is InChI=1S/C11H16N2O/c1-8(14)11-3-2-9(6-12)4-10(5-11)7-13/h2,4-5H,3,6-7,12-13H2,1H3. The maximum atomic E-state index is 11.2. The van der Waals surface area contributed by atoms with Gasteiger partial charge in [-0.15, -0.1) is 0 Å². The Morgan fingerprint density at radius 3 is 2.43 bits per heavy atom. The van der Waals surface area contributed by atoms with Crippen molar-refractivity contribution in [1.82, 2.24) is 0 Å². The third kappa shape index (κ3) is 2.65. The number of carbonyl (C=O) groups excluding carboxylic acids is 1. The summed E-state index contributed by atoms with van der Waals surface area (Å²) in [6, 6.07) is 0. The van der Waals surface area contributed by atoms with Gasteiger partial charge < -0.3 is 11.5 Å². The highest BCUT2D eigenvalue weighted by molar-refractivity contribution is 5.94. The largest absolute Gasteiger partial charge is 0.327 e. The summed E-state index contributed by atoms with van der Waals surface area (Å²) in [7, 11) is 0. The topological polar surface area (TPSA) is 69.1 Å². The lowest BCUT2D eigenvalue weighted by Gasteiger charge is -1.99. The van der Waals surface area contributed by atoms with Crippen LogP contribution in [0.5, 0.6) is 0 Å². The van der Waals surface area contributed by atoms with Crippen LogP contribution in [0, 0.1) is 0 Å². The number of allylic oxidation sites excluding steroid dienone is 2. The maximum absolute atomic E-state index is 11.2. The first-order valence-corrected chi connectivity index (χ1v) is 4.68. The fourth-order valence-corrected chi connectivity index (χ4v) is 1.37. The van der Waals surface area contributed by atoms with Crippen molar-refractivity contribution in [3.05, 3.63) is 34.9 Å². The summed E-state index contributed by atoms with van der Waals surface area (Å²) >= 11 is 0. The average molecular weight is 192 g/mol.